The van der Waals surface area contributed by atoms with E-state index in [0.29, 0.717) is 18.5 Å². The van der Waals surface area contributed by atoms with Crippen LogP contribution in [0, 0.1) is 5.92 Å². The zero-order chi connectivity index (χ0) is 12.8. The van der Waals surface area contributed by atoms with Crippen molar-refractivity contribution in [3.05, 3.63) is 0 Å². The maximum Gasteiger partial charge on any atom is 0.234 e. The highest BCUT2D eigenvalue weighted by molar-refractivity contribution is 5.78. The van der Waals surface area contributed by atoms with Gasteiger partial charge in [-0.3, -0.25) is 9.69 Å². The van der Waals surface area contributed by atoms with Gasteiger partial charge in [-0.2, -0.15) is 0 Å². The minimum atomic E-state index is 0.216. The van der Waals surface area contributed by atoms with Crippen molar-refractivity contribution in [3.8, 4) is 0 Å². The Bertz CT molecular complexity index is 256. The Morgan fingerprint density at radius 3 is 2.39 bits per heavy atom. The van der Waals surface area contributed by atoms with Crippen molar-refractivity contribution < 1.29 is 4.79 Å². The second-order valence-corrected chi connectivity index (χ2v) is 5.86. The highest BCUT2D eigenvalue weighted by Crippen LogP contribution is 2.18. The SMILES string of the molecule is NCC1CCN(CC(=O)NC2CCCCC2)CC1. The Labute approximate surface area is 110 Å². The van der Waals surface area contributed by atoms with Gasteiger partial charge in [0, 0.05) is 6.04 Å². The van der Waals surface area contributed by atoms with Crippen molar-refractivity contribution in [1.82, 2.24) is 10.2 Å². The Kier molecular flexibility index (Phi) is 5.45. The molecule has 0 unspecified atom stereocenters. The molecule has 3 N–H and O–H groups in total. The topological polar surface area (TPSA) is 58.4 Å². The lowest BCUT2D eigenvalue weighted by Crippen LogP contribution is -2.45. The fourth-order valence-electron chi connectivity index (χ4n) is 3.10. The molecule has 18 heavy (non-hydrogen) atoms. The van der Waals surface area contributed by atoms with Gasteiger partial charge in [-0.25, -0.2) is 0 Å². The van der Waals surface area contributed by atoms with Gasteiger partial charge in [0.25, 0.3) is 0 Å². The number of piperidine rings is 1. The molecule has 1 amide bonds. The number of amides is 1. The summed E-state index contributed by atoms with van der Waals surface area (Å²) in [4.78, 5) is 14.2. The minimum absolute atomic E-state index is 0.216. The Hall–Kier alpha value is -0.610. The molecule has 0 spiro atoms. The highest BCUT2D eigenvalue weighted by Gasteiger charge is 2.21. The van der Waals surface area contributed by atoms with Gasteiger partial charge in [0.1, 0.15) is 0 Å². The molecule has 0 bridgehead atoms. The first-order valence-electron chi connectivity index (χ1n) is 7.49. The molecule has 0 radical (unpaired) electrons. The molecule has 2 rings (SSSR count). The molecule has 1 aliphatic heterocycles. The Morgan fingerprint density at radius 1 is 1.11 bits per heavy atom. The fourth-order valence-corrected chi connectivity index (χ4v) is 3.10. The second kappa shape index (κ2) is 7.10. The van der Waals surface area contributed by atoms with E-state index in [1.165, 1.54) is 32.1 Å². The molecule has 1 saturated heterocycles. The summed E-state index contributed by atoms with van der Waals surface area (Å²) in [6.07, 6.45) is 8.50. The Balaban J connectivity index is 1.65. The average molecular weight is 253 g/mol. The van der Waals surface area contributed by atoms with Crippen molar-refractivity contribution in [1.29, 1.82) is 0 Å². The third kappa shape index (κ3) is 4.25. The van der Waals surface area contributed by atoms with Gasteiger partial charge < -0.3 is 11.1 Å². The van der Waals surface area contributed by atoms with E-state index in [9.17, 15) is 4.79 Å². The average Bonchev–Trinajstić information content (AvgIpc) is 2.40. The number of likely N-dealkylation sites (tertiary alicyclic amines) is 1. The summed E-state index contributed by atoms with van der Waals surface area (Å²) in [5.41, 5.74) is 5.68. The van der Waals surface area contributed by atoms with Crippen molar-refractivity contribution in [3.63, 3.8) is 0 Å². The van der Waals surface area contributed by atoms with Crippen LogP contribution in [0.3, 0.4) is 0 Å². The van der Waals surface area contributed by atoms with Crippen LogP contribution in [-0.4, -0.2) is 43.0 Å². The Morgan fingerprint density at radius 2 is 1.78 bits per heavy atom. The molecular weight excluding hydrogens is 226 g/mol. The van der Waals surface area contributed by atoms with Gasteiger partial charge in [0.05, 0.1) is 6.54 Å². The van der Waals surface area contributed by atoms with Crippen molar-refractivity contribution >= 4 is 5.91 Å². The van der Waals surface area contributed by atoms with Crippen molar-refractivity contribution in [2.75, 3.05) is 26.2 Å². The number of carbonyl (C=O) groups is 1. The van der Waals surface area contributed by atoms with Gasteiger partial charge in [-0.1, -0.05) is 19.3 Å². The zero-order valence-corrected chi connectivity index (χ0v) is 11.4. The summed E-state index contributed by atoms with van der Waals surface area (Å²) in [5.74, 6) is 0.885. The first kappa shape index (κ1) is 13.8. The van der Waals surface area contributed by atoms with Crippen LogP contribution in [0.2, 0.25) is 0 Å². The lowest BCUT2D eigenvalue weighted by Gasteiger charge is -2.31. The van der Waals surface area contributed by atoms with E-state index in [1.54, 1.807) is 0 Å². The zero-order valence-electron chi connectivity index (χ0n) is 11.4. The molecule has 2 aliphatic rings. The van der Waals surface area contributed by atoms with Crippen LogP contribution in [0.15, 0.2) is 0 Å². The van der Waals surface area contributed by atoms with Crippen LogP contribution in [-0.2, 0) is 4.79 Å². The smallest absolute Gasteiger partial charge is 0.234 e. The van der Waals surface area contributed by atoms with Crippen LogP contribution in [0.4, 0.5) is 0 Å². The third-order valence-corrected chi connectivity index (χ3v) is 4.38. The van der Waals surface area contributed by atoms with E-state index in [-0.39, 0.29) is 5.91 Å². The van der Waals surface area contributed by atoms with Crippen LogP contribution >= 0.6 is 0 Å². The molecular formula is C14H27N3O. The largest absolute Gasteiger partial charge is 0.352 e. The van der Waals surface area contributed by atoms with E-state index >= 15 is 0 Å². The van der Waals surface area contributed by atoms with Crippen molar-refractivity contribution in [2.24, 2.45) is 11.7 Å². The molecule has 0 atom stereocenters. The molecule has 104 valence electrons. The minimum Gasteiger partial charge on any atom is -0.352 e. The van der Waals surface area contributed by atoms with Crippen LogP contribution in [0.1, 0.15) is 44.9 Å². The lowest BCUT2D eigenvalue weighted by molar-refractivity contribution is -0.123. The third-order valence-electron chi connectivity index (χ3n) is 4.38. The van der Waals surface area contributed by atoms with Gasteiger partial charge in [0.15, 0.2) is 0 Å². The molecule has 4 heteroatoms. The van der Waals surface area contributed by atoms with Crippen LogP contribution in [0.25, 0.3) is 0 Å². The summed E-state index contributed by atoms with van der Waals surface area (Å²) in [6.45, 7) is 3.43. The number of nitrogens with two attached hydrogens (primary N) is 1. The standard InChI is InChI=1S/C14H27N3O/c15-10-12-6-8-17(9-7-12)11-14(18)16-13-4-2-1-3-5-13/h12-13H,1-11,15H2,(H,16,18). The number of hydrogen-bond acceptors (Lipinski definition) is 3. The summed E-state index contributed by atoms with van der Waals surface area (Å²) < 4.78 is 0. The van der Waals surface area contributed by atoms with Gasteiger partial charge in [0.2, 0.25) is 5.91 Å². The quantitative estimate of drug-likeness (QED) is 0.789. The van der Waals surface area contributed by atoms with Gasteiger partial charge >= 0.3 is 0 Å². The lowest BCUT2D eigenvalue weighted by atomic mass is 9.95. The van der Waals surface area contributed by atoms with Gasteiger partial charge in [-0.15, -0.1) is 0 Å². The first-order valence-corrected chi connectivity index (χ1v) is 7.49. The number of carbonyl (C=O) groups excluding carboxylic acids is 1. The van der Waals surface area contributed by atoms with E-state index in [0.717, 1.165) is 32.5 Å². The van der Waals surface area contributed by atoms with Gasteiger partial charge in [-0.05, 0) is 51.2 Å². The maximum atomic E-state index is 12.0. The summed E-state index contributed by atoms with van der Waals surface area (Å²) in [5, 5.41) is 3.19. The van der Waals surface area contributed by atoms with Crippen LogP contribution in [0.5, 0.6) is 0 Å². The fraction of sp³-hybridized carbons (Fsp3) is 0.929. The molecule has 0 aromatic rings. The van der Waals surface area contributed by atoms with Crippen molar-refractivity contribution in [2.45, 2.75) is 51.0 Å². The molecule has 1 saturated carbocycles. The van der Waals surface area contributed by atoms with Crippen LogP contribution < -0.4 is 11.1 Å². The predicted molar refractivity (Wildman–Crippen MR) is 73.2 cm³/mol. The molecule has 1 aliphatic carbocycles. The summed E-state index contributed by atoms with van der Waals surface area (Å²) >= 11 is 0. The predicted octanol–water partition coefficient (Wildman–Crippen LogP) is 1.11. The normalized spacial score (nSPS) is 24.1. The number of rotatable bonds is 4. The molecule has 4 nitrogen and oxygen atoms in total. The van der Waals surface area contributed by atoms with E-state index < -0.39 is 0 Å². The molecule has 1 heterocycles. The maximum absolute atomic E-state index is 12.0. The number of hydrogen-bond donors (Lipinski definition) is 2. The highest BCUT2D eigenvalue weighted by atomic mass is 16.2. The van der Waals surface area contributed by atoms with E-state index in [4.69, 9.17) is 5.73 Å². The van der Waals surface area contributed by atoms with E-state index in [1.807, 2.05) is 0 Å². The van der Waals surface area contributed by atoms with E-state index in [2.05, 4.69) is 10.2 Å². The number of nitrogens with zero attached hydrogens (tertiary/aromatic N) is 1. The molecule has 0 aromatic carbocycles. The first-order chi connectivity index (χ1) is 8.78. The summed E-state index contributed by atoms with van der Waals surface area (Å²) in [7, 11) is 0. The molecule has 0 aromatic heterocycles. The number of nitrogens with one attached hydrogen (secondary N) is 1. The second-order valence-electron chi connectivity index (χ2n) is 5.86. The summed E-state index contributed by atoms with van der Waals surface area (Å²) in [6, 6.07) is 0.438. The molecule has 2 fully saturated rings. The monoisotopic (exact) mass is 253 g/mol.